The first-order valence-corrected chi connectivity index (χ1v) is 14.6. The summed E-state index contributed by atoms with van der Waals surface area (Å²) in [5.74, 6) is 0.556. The van der Waals surface area contributed by atoms with Crippen molar-refractivity contribution in [3.63, 3.8) is 0 Å². The van der Waals surface area contributed by atoms with Gasteiger partial charge in [0.15, 0.2) is 10.8 Å². The molecule has 0 amide bonds. The standard InChI is InChI=1S/C28H35ClN8O8/c1-2-3-11-24-30-26(29)25(28(38)43-16-7-6-8-21(45-37(41)42)18-44-36(39)40)35(24)17-19-12-14-20(15-13-19)22-9-4-5-10-23(22)27-31-33-34-32-27/h4-5,9-10,12-15,21,39-42H,2-3,6-8,11,16-18H2,1H3,(H,31,32,33,34)/t21-/m0/s1. The van der Waals surface area contributed by atoms with Crippen LogP contribution in [0.15, 0.2) is 48.5 Å². The molecule has 0 spiro atoms. The molecular formula is C28H35ClN8O8. The van der Waals surface area contributed by atoms with E-state index >= 15 is 0 Å². The van der Waals surface area contributed by atoms with Gasteiger partial charge in [0.05, 0.1) is 17.4 Å². The van der Waals surface area contributed by atoms with E-state index in [9.17, 15) is 4.79 Å². The molecule has 0 unspecified atom stereocenters. The highest BCUT2D eigenvalue weighted by Crippen LogP contribution is 2.30. The van der Waals surface area contributed by atoms with Crippen molar-refractivity contribution in [2.45, 2.75) is 58.1 Å². The van der Waals surface area contributed by atoms with E-state index in [1.54, 1.807) is 4.57 Å². The monoisotopic (exact) mass is 646 g/mol. The van der Waals surface area contributed by atoms with E-state index in [4.69, 9.17) is 42.0 Å². The number of nitrogens with one attached hydrogen (secondary N) is 1. The third kappa shape index (κ3) is 9.82. The Kier molecular flexibility index (Phi) is 12.9. The van der Waals surface area contributed by atoms with E-state index in [2.05, 4.69) is 37.4 Å². The fourth-order valence-electron chi connectivity index (χ4n) is 4.69. The number of unbranched alkanes of at least 4 members (excludes halogenated alkanes) is 2. The predicted molar refractivity (Wildman–Crippen MR) is 156 cm³/mol. The molecule has 0 bridgehead atoms. The summed E-state index contributed by atoms with van der Waals surface area (Å²) in [4.78, 5) is 26.9. The molecule has 0 saturated heterocycles. The zero-order chi connectivity index (χ0) is 32.2. The molecule has 0 fully saturated rings. The Morgan fingerprint density at radius 1 is 1.02 bits per heavy atom. The largest absolute Gasteiger partial charge is 0.461 e. The summed E-state index contributed by atoms with van der Waals surface area (Å²) in [7, 11) is 0. The van der Waals surface area contributed by atoms with Crippen LogP contribution in [-0.2, 0) is 27.4 Å². The normalized spacial score (nSPS) is 12.3. The third-order valence-corrected chi connectivity index (χ3v) is 7.11. The number of ether oxygens (including phenoxy) is 1. The quantitative estimate of drug-likeness (QED) is 0.0574. The first kappa shape index (κ1) is 34.0. The summed E-state index contributed by atoms with van der Waals surface area (Å²) < 4.78 is 7.31. The van der Waals surface area contributed by atoms with Crippen molar-refractivity contribution in [1.82, 2.24) is 41.0 Å². The van der Waals surface area contributed by atoms with E-state index in [1.807, 2.05) is 48.5 Å². The lowest BCUT2D eigenvalue weighted by molar-refractivity contribution is -0.527. The molecule has 4 rings (SSSR count). The zero-order valence-corrected chi connectivity index (χ0v) is 25.2. The molecule has 5 N–H and O–H groups in total. The second-order valence-corrected chi connectivity index (χ2v) is 10.4. The molecule has 16 nitrogen and oxygen atoms in total. The van der Waals surface area contributed by atoms with Gasteiger partial charge in [-0.1, -0.05) is 73.5 Å². The summed E-state index contributed by atoms with van der Waals surface area (Å²) in [5, 5.41) is 48.6. The molecule has 242 valence electrons. The molecule has 45 heavy (non-hydrogen) atoms. The van der Waals surface area contributed by atoms with E-state index in [-0.39, 0.29) is 30.5 Å². The maximum Gasteiger partial charge on any atom is 0.358 e. The number of aromatic nitrogens is 6. The number of nitrogens with zero attached hydrogens (tertiary/aromatic N) is 7. The van der Waals surface area contributed by atoms with Crippen LogP contribution in [0.1, 0.15) is 60.9 Å². The summed E-state index contributed by atoms with van der Waals surface area (Å²) in [6, 6.07) is 15.7. The van der Waals surface area contributed by atoms with Crippen molar-refractivity contribution >= 4 is 17.6 Å². The molecule has 1 atom stereocenters. The number of halogens is 1. The van der Waals surface area contributed by atoms with Gasteiger partial charge in [-0.05, 0) is 47.6 Å². The summed E-state index contributed by atoms with van der Waals surface area (Å²) in [6.07, 6.45) is 2.55. The Bertz CT molecular complexity index is 1480. The number of imidazole rings is 1. The molecule has 0 aliphatic rings. The number of tetrazole rings is 1. The van der Waals surface area contributed by atoms with Crippen LogP contribution in [0.25, 0.3) is 22.5 Å². The van der Waals surface area contributed by atoms with E-state index in [1.165, 1.54) is 0 Å². The maximum absolute atomic E-state index is 13.2. The average molecular weight is 647 g/mol. The van der Waals surface area contributed by atoms with Gasteiger partial charge in [0, 0.05) is 18.5 Å². The van der Waals surface area contributed by atoms with Crippen LogP contribution >= 0.6 is 11.6 Å². The average Bonchev–Trinajstić information content (AvgIpc) is 3.66. The van der Waals surface area contributed by atoms with Crippen LogP contribution in [0.2, 0.25) is 5.15 Å². The number of hydrogen-bond donors (Lipinski definition) is 5. The van der Waals surface area contributed by atoms with Crippen LogP contribution in [0, 0.1) is 0 Å². The number of hydrogen-bond acceptors (Lipinski definition) is 14. The van der Waals surface area contributed by atoms with Gasteiger partial charge in [-0.2, -0.15) is 5.21 Å². The van der Waals surface area contributed by atoms with Crippen molar-refractivity contribution in [2.24, 2.45) is 0 Å². The van der Waals surface area contributed by atoms with Crippen LogP contribution in [0.5, 0.6) is 0 Å². The van der Waals surface area contributed by atoms with Crippen LogP contribution in [0.4, 0.5) is 0 Å². The van der Waals surface area contributed by atoms with Crippen LogP contribution < -0.4 is 0 Å². The number of benzene rings is 2. The maximum atomic E-state index is 13.2. The highest BCUT2D eigenvalue weighted by molar-refractivity contribution is 6.32. The molecule has 0 aliphatic carbocycles. The lowest BCUT2D eigenvalue weighted by atomic mass is 9.98. The lowest BCUT2D eigenvalue weighted by Gasteiger charge is -2.19. The second-order valence-electron chi connectivity index (χ2n) is 10.00. The highest BCUT2D eigenvalue weighted by atomic mass is 35.5. The summed E-state index contributed by atoms with van der Waals surface area (Å²) >= 11 is 6.47. The first-order chi connectivity index (χ1) is 21.8. The Hall–Kier alpha value is -3.84. The SMILES string of the molecule is CCCCc1nc(Cl)c(C(=O)OCCCC[C@@H](CON(O)O)ON(O)O)n1Cc1ccc(-c2ccccc2-c2nn[nH]n2)cc1. The number of carbonyl (C=O) groups is 1. The van der Waals surface area contributed by atoms with Crippen molar-refractivity contribution in [3.8, 4) is 22.5 Å². The predicted octanol–water partition coefficient (Wildman–Crippen LogP) is 4.49. The summed E-state index contributed by atoms with van der Waals surface area (Å²) in [6.45, 7) is 2.08. The van der Waals surface area contributed by atoms with Crippen molar-refractivity contribution in [1.29, 1.82) is 0 Å². The molecular weight excluding hydrogens is 612 g/mol. The Morgan fingerprint density at radius 3 is 2.44 bits per heavy atom. The molecule has 17 heteroatoms. The minimum Gasteiger partial charge on any atom is -0.461 e. The van der Waals surface area contributed by atoms with Crippen molar-refractivity contribution in [3.05, 3.63) is 70.8 Å². The number of aromatic amines is 1. The van der Waals surface area contributed by atoms with Gasteiger partial charge in [0.25, 0.3) is 0 Å². The molecule has 4 aromatic rings. The minimum absolute atomic E-state index is 0.0424. The number of rotatable bonds is 18. The zero-order valence-electron chi connectivity index (χ0n) is 24.5. The van der Waals surface area contributed by atoms with Crippen LogP contribution in [0.3, 0.4) is 0 Å². The number of aryl methyl sites for hydroxylation is 1. The smallest absolute Gasteiger partial charge is 0.358 e. The third-order valence-electron chi connectivity index (χ3n) is 6.84. The number of carbonyl (C=O) groups excluding carboxylic acids is 1. The number of esters is 1. The molecule has 0 aliphatic heterocycles. The highest BCUT2D eigenvalue weighted by Gasteiger charge is 2.24. The van der Waals surface area contributed by atoms with Crippen molar-refractivity contribution < 1.29 is 40.0 Å². The molecule has 2 aromatic carbocycles. The fourth-order valence-corrected chi connectivity index (χ4v) is 4.97. The topological polar surface area (TPSA) is 204 Å². The van der Waals surface area contributed by atoms with Crippen LogP contribution in [-0.4, -0.2) is 87.1 Å². The lowest BCUT2D eigenvalue weighted by Crippen LogP contribution is -2.31. The Balaban J connectivity index is 1.43. The van der Waals surface area contributed by atoms with Gasteiger partial charge in [0.1, 0.15) is 18.5 Å². The Labute approximate surface area is 263 Å². The van der Waals surface area contributed by atoms with E-state index < -0.39 is 22.9 Å². The molecule has 2 heterocycles. The van der Waals surface area contributed by atoms with Crippen molar-refractivity contribution in [2.75, 3.05) is 13.2 Å². The summed E-state index contributed by atoms with van der Waals surface area (Å²) in [5.41, 5.74) is 3.84. The Morgan fingerprint density at radius 2 is 1.78 bits per heavy atom. The van der Waals surface area contributed by atoms with Gasteiger partial charge >= 0.3 is 5.97 Å². The molecule has 2 aromatic heterocycles. The minimum atomic E-state index is -0.923. The van der Waals surface area contributed by atoms with Gasteiger partial charge in [-0.25, -0.2) is 19.5 Å². The van der Waals surface area contributed by atoms with E-state index in [0.29, 0.717) is 37.5 Å². The fraction of sp³-hybridized carbons (Fsp3) is 0.393. The van der Waals surface area contributed by atoms with Gasteiger partial charge in [0.2, 0.25) is 5.82 Å². The van der Waals surface area contributed by atoms with Gasteiger partial charge in [-0.3, -0.25) is 20.8 Å². The first-order valence-electron chi connectivity index (χ1n) is 14.3. The number of H-pyrrole nitrogens is 1. The van der Waals surface area contributed by atoms with Gasteiger partial charge in [-0.15, -0.1) is 10.2 Å². The van der Waals surface area contributed by atoms with Gasteiger partial charge < -0.3 is 9.30 Å². The second kappa shape index (κ2) is 17.0. The van der Waals surface area contributed by atoms with E-state index in [0.717, 1.165) is 35.1 Å². The molecule has 0 saturated carbocycles. The molecule has 0 radical (unpaired) electrons.